The van der Waals surface area contributed by atoms with E-state index in [2.05, 4.69) is 22.8 Å². The van der Waals surface area contributed by atoms with E-state index in [4.69, 9.17) is 0 Å². The normalized spacial score (nSPS) is 9.95. The number of para-hydroxylation sites is 1. The molecule has 3 heteroatoms. The SMILES string of the molecule is CNc1ccccc1C(=O)NCCc1ccccc1. The lowest BCUT2D eigenvalue weighted by Crippen LogP contribution is -2.26. The van der Waals surface area contributed by atoms with E-state index in [9.17, 15) is 4.79 Å². The molecule has 0 aliphatic heterocycles. The molecule has 0 aliphatic carbocycles. The summed E-state index contributed by atoms with van der Waals surface area (Å²) in [4.78, 5) is 12.1. The monoisotopic (exact) mass is 254 g/mol. The molecule has 1 amide bonds. The minimum Gasteiger partial charge on any atom is -0.387 e. The summed E-state index contributed by atoms with van der Waals surface area (Å²) in [5, 5.41) is 5.97. The highest BCUT2D eigenvalue weighted by Gasteiger charge is 2.08. The van der Waals surface area contributed by atoms with Gasteiger partial charge in [-0.05, 0) is 24.1 Å². The second kappa shape index (κ2) is 6.59. The van der Waals surface area contributed by atoms with Crippen molar-refractivity contribution in [2.45, 2.75) is 6.42 Å². The van der Waals surface area contributed by atoms with Crippen LogP contribution in [-0.2, 0) is 6.42 Å². The van der Waals surface area contributed by atoms with Gasteiger partial charge >= 0.3 is 0 Å². The molecule has 0 spiro atoms. The molecule has 2 aromatic carbocycles. The molecule has 2 aromatic rings. The molecule has 0 unspecified atom stereocenters. The predicted molar refractivity (Wildman–Crippen MR) is 78.5 cm³/mol. The van der Waals surface area contributed by atoms with Crippen LogP contribution in [0.4, 0.5) is 5.69 Å². The Hall–Kier alpha value is -2.29. The van der Waals surface area contributed by atoms with E-state index in [1.165, 1.54) is 5.56 Å². The van der Waals surface area contributed by atoms with Gasteiger partial charge in [-0.25, -0.2) is 0 Å². The molecule has 0 aliphatic rings. The number of rotatable bonds is 5. The fourth-order valence-electron chi connectivity index (χ4n) is 1.96. The first-order valence-corrected chi connectivity index (χ1v) is 6.40. The maximum Gasteiger partial charge on any atom is 0.253 e. The van der Waals surface area contributed by atoms with E-state index in [-0.39, 0.29) is 5.91 Å². The third-order valence-corrected chi connectivity index (χ3v) is 2.98. The number of hydrogen-bond donors (Lipinski definition) is 2. The van der Waals surface area contributed by atoms with Gasteiger partial charge in [-0.3, -0.25) is 4.79 Å². The summed E-state index contributed by atoms with van der Waals surface area (Å²) in [6, 6.07) is 17.6. The Kier molecular flexibility index (Phi) is 4.56. The van der Waals surface area contributed by atoms with Gasteiger partial charge in [0, 0.05) is 19.3 Å². The first-order valence-electron chi connectivity index (χ1n) is 6.40. The maximum atomic E-state index is 12.1. The highest BCUT2D eigenvalue weighted by atomic mass is 16.1. The Bertz CT molecular complexity index is 537. The molecule has 0 saturated carbocycles. The molecule has 0 radical (unpaired) electrons. The predicted octanol–water partition coefficient (Wildman–Crippen LogP) is 2.70. The maximum absolute atomic E-state index is 12.1. The van der Waals surface area contributed by atoms with Gasteiger partial charge < -0.3 is 10.6 Å². The highest BCUT2D eigenvalue weighted by Crippen LogP contribution is 2.13. The minimum atomic E-state index is -0.0409. The van der Waals surface area contributed by atoms with Gasteiger partial charge in [-0.2, -0.15) is 0 Å². The van der Waals surface area contributed by atoms with Crippen LogP contribution in [0.1, 0.15) is 15.9 Å². The number of carbonyl (C=O) groups is 1. The smallest absolute Gasteiger partial charge is 0.253 e. The van der Waals surface area contributed by atoms with Gasteiger partial charge in [-0.1, -0.05) is 42.5 Å². The third-order valence-electron chi connectivity index (χ3n) is 2.98. The van der Waals surface area contributed by atoms with Crippen LogP contribution in [0.2, 0.25) is 0 Å². The Morgan fingerprint density at radius 2 is 1.68 bits per heavy atom. The van der Waals surface area contributed by atoms with Crippen molar-refractivity contribution in [3.63, 3.8) is 0 Å². The van der Waals surface area contributed by atoms with Gasteiger partial charge in [0.1, 0.15) is 0 Å². The topological polar surface area (TPSA) is 41.1 Å². The molecule has 19 heavy (non-hydrogen) atoms. The molecule has 0 heterocycles. The van der Waals surface area contributed by atoms with Crippen molar-refractivity contribution in [3.05, 3.63) is 65.7 Å². The number of amides is 1. The lowest BCUT2D eigenvalue weighted by molar-refractivity contribution is 0.0955. The first kappa shape index (κ1) is 13.1. The van der Waals surface area contributed by atoms with Crippen molar-refractivity contribution in [3.8, 4) is 0 Å². The standard InChI is InChI=1S/C16H18N2O/c1-17-15-10-6-5-9-14(15)16(19)18-12-11-13-7-3-2-4-8-13/h2-10,17H,11-12H2,1H3,(H,18,19). The average Bonchev–Trinajstić information content (AvgIpc) is 2.48. The van der Waals surface area contributed by atoms with Crippen molar-refractivity contribution in [1.82, 2.24) is 5.32 Å². The molecular formula is C16H18N2O. The second-order valence-corrected chi connectivity index (χ2v) is 4.29. The molecular weight excluding hydrogens is 236 g/mol. The largest absolute Gasteiger partial charge is 0.387 e. The highest BCUT2D eigenvalue weighted by molar-refractivity contribution is 5.99. The van der Waals surface area contributed by atoms with E-state index in [1.54, 1.807) is 0 Å². The van der Waals surface area contributed by atoms with E-state index < -0.39 is 0 Å². The van der Waals surface area contributed by atoms with Crippen molar-refractivity contribution in [2.75, 3.05) is 18.9 Å². The lowest BCUT2D eigenvalue weighted by atomic mass is 10.1. The number of benzene rings is 2. The zero-order valence-corrected chi connectivity index (χ0v) is 11.0. The zero-order valence-electron chi connectivity index (χ0n) is 11.0. The molecule has 0 bridgehead atoms. The fraction of sp³-hybridized carbons (Fsp3) is 0.188. The zero-order chi connectivity index (χ0) is 13.5. The van der Waals surface area contributed by atoms with E-state index in [0.717, 1.165) is 12.1 Å². The summed E-state index contributed by atoms with van der Waals surface area (Å²) in [6.45, 7) is 0.640. The van der Waals surface area contributed by atoms with E-state index >= 15 is 0 Å². The van der Waals surface area contributed by atoms with E-state index in [0.29, 0.717) is 12.1 Å². The summed E-state index contributed by atoms with van der Waals surface area (Å²) in [6.07, 6.45) is 0.842. The van der Waals surface area contributed by atoms with Crippen molar-refractivity contribution in [1.29, 1.82) is 0 Å². The number of carbonyl (C=O) groups excluding carboxylic acids is 1. The number of anilines is 1. The van der Waals surface area contributed by atoms with Crippen molar-refractivity contribution >= 4 is 11.6 Å². The summed E-state index contributed by atoms with van der Waals surface area (Å²) in [5.74, 6) is -0.0409. The first-order chi connectivity index (χ1) is 9.31. The molecule has 0 fully saturated rings. The summed E-state index contributed by atoms with van der Waals surface area (Å²) >= 11 is 0. The number of nitrogens with one attached hydrogen (secondary N) is 2. The van der Waals surface area contributed by atoms with Crippen LogP contribution in [0.15, 0.2) is 54.6 Å². The van der Waals surface area contributed by atoms with Crippen molar-refractivity contribution in [2.24, 2.45) is 0 Å². The Morgan fingerprint density at radius 1 is 1.00 bits per heavy atom. The van der Waals surface area contributed by atoms with Crippen LogP contribution in [0, 0.1) is 0 Å². The molecule has 98 valence electrons. The quantitative estimate of drug-likeness (QED) is 0.861. The second-order valence-electron chi connectivity index (χ2n) is 4.29. The van der Waals surface area contributed by atoms with Gasteiger partial charge in [0.2, 0.25) is 0 Å². The fourth-order valence-corrected chi connectivity index (χ4v) is 1.96. The van der Waals surface area contributed by atoms with Gasteiger partial charge in [0.25, 0.3) is 5.91 Å². The molecule has 3 nitrogen and oxygen atoms in total. The van der Waals surface area contributed by atoms with Crippen LogP contribution in [0.5, 0.6) is 0 Å². The Balaban J connectivity index is 1.91. The van der Waals surface area contributed by atoms with Gasteiger partial charge in [0.15, 0.2) is 0 Å². The molecule has 2 N–H and O–H groups in total. The average molecular weight is 254 g/mol. The summed E-state index contributed by atoms with van der Waals surface area (Å²) in [5.41, 5.74) is 2.75. The summed E-state index contributed by atoms with van der Waals surface area (Å²) < 4.78 is 0. The summed E-state index contributed by atoms with van der Waals surface area (Å²) in [7, 11) is 1.82. The molecule has 0 aromatic heterocycles. The van der Waals surface area contributed by atoms with E-state index in [1.807, 2.05) is 49.5 Å². The molecule has 2 rings (SSSR count). The third kappa shape index (κ3) is 3.58. The van der Waals surface area contributed by atoms with Crippen molar-refractivity contribution < 1.29 is 4.79 Å². The van der Waals surface area contributed by atoms with Crippen LogP contribution in [0.25, 0.3) is 0 Å². The molecule has 0 atom stereocenters. The van der Waals surface area contributed by atoms with Crippen LogP contribution in [-0.4, -0.2) is 19.5 Å². The Labute approximate surface area is 113 Å². The Morgan fingerprint density at radius 3 is 2.42 bits per heavy atom. The van der Waals surface area contributed by atoms with Crippen LogP contribution >= 0.6 is 0 Å². The minimum absolute atomic E-state index is 0.0409. The number of hydrogen-bond acceptors (Lipinski definition) is 2. The van der Waals surface area contributed by atoms with Crippen LogP contribution in [0.3, 0.4) is 0 Å². The van der Waals surface area contributed by atoms with Gasteiger partial charge in [0.05, 0.1) is 5.56 Å². The van der Waals surface area contributed by atoms with Gasteiger partial charge in [-0.15, -0.1) is 0 Å². The van der Waals surface area contributed by atoms with Crippen LogP contribution < -0.4 is 10.6 Å². The lowest BCUT2D eigenvalue weighted by Gasteiger charge is -2.09. The molecule has 0 saturated heterocycles.